The molecule has 6 nitrogen and oxygen atoms in total. The number of carboxylic acid groups (broad SMARTS) is 1. The van der Waals surface area contributed by atoms with E-state index in [-0.39, 0.29) is 25.3 Å². The Morgan fingerprint density at radius 2 is 1.62 bits per heavy atom. The Morgan fingerprint density at radius 3 is 2.24 bits per heavy atom. The maximum atomic E-state index is 13.5. The number of rotatable bonds is 10. The number of hydrogen-bond donors (Lipinski definition) is 2. The van der Waals surface area contributed by atoms with Crippen molar-refractivity contribution in [3.63, 3.8) is 0 Å². The quantitative estimate of drug-likeness (QED) is 0.369. The van der Waals surface area contributed by atoms with Gasteiger partial charge in [-0.15, -0.1) is 0 Å². The molecule has 3 aromatic carbocycles. The van der Waals surface area contributed by atoms with Crippen molar-refractivity contribution in [3.8, 4) is 11.1 Å². The van der Waals surface area contributed by atoms with E-state index < -0.39 is 17.9 Å². The number of benzene rings is 3. The van der Waals surface area contributed by atoms with Crippen molar-refractivity contribution in [2.24, 2.45) is 5.73 Å². The van der Waals surface area contributed by atoms with Gasteiger partial charge in [-0.05, 0) is 47.7 Å². The Morgan fingerprint density at radius 1 is 0.941 bits per heavy atom. The Hall–Kier alpha value is -3.45. The molecule has 0 aliphatic carbocycles. The summed E-state index contributed by atoms with van der Waals surface area (Å²) in [6.45, 7) is 2.08. The zero-order valence-corrected chi connectivity index (χ0v) is 20.5. The average Bonchev–Trinajstić information content (AvgIpc) is 2.83. The lowest BCUT2D eigenvalue weighted by Crippen LogP contribution is -2.47. The molecule has 0 bridgehead atoms. The summed E-state index contributed by atoms with van der Waals surface area (Å²) in [5.74, 6) is -2.16. The summed E-state index contributed by atoms with van der Waals surface area (Å²) in [5, 5.41) is 9.87. The molecule has 0 spiro atoms. The van der Waals surface area contributed by atoms with Crippen LogP contribution < -0.4 is 5.73 Å². The van der Waals surface area contributed by atoms with Crippen molar-refractivity contribution in [2.45, 2.75) is 37.7 Å². The highest BCUT2D eigenvalue weighted by Crippen LogP contribution is 2.24. The second kappa shape index (κ2) is 11.6. The molecule has 176 valence electrons. The first-order chi connectivity index (χ1) is 16.3. The minimum Gasteiger partial charge on any atom is -0.481 e. The molecule has 3 N–H and O–H groups in total. The van der Waals surface area contributed by atoms with E-state index >= 15 is 0 Å². The van der Waals surface area contributed by atoms with Crippen molar-refractivity contribution < 1.29 is 19.5 Å². The molecule has 0 aromatic heterocycles. The molecule has 0 aliphatic rings. The summed E-state index contributed by atoms with van der Waals surface area (Å²) in [6, 6.07) is 21.8. The van der Waals surface area contributed by atoms with E-state index in [0.29, 0.717) is 5.56 Å². The topological polar surface area (TPSA) is 101 Å². The SMILES string of the molecule is Cc1cccc(CN(C(=O)c2ccc(-c3cccc(CBr)c3)cc2)[C@@H](CCC(=O)O)C(N)=O)c1. The number of carbonyl (C=O) groups excluding carboxylic acids is 2. The molecule has 0 aliphatic heterocycles. The molecule has 0 saturated carbocycles. The smallest absolute Gasteiger partial charge is 0.303 e. The number of halogens is 1. The van der Waals surface area contributed by atoms with Crippen LogP contribution in [0.5, 0.6) is 0 Å². The third kappa shape index (κ3) is 6.54. The average molecular weight is 523 g/mol. The number of nitrogens with zero attached hydrogens (tertiary/aromatic N) is 1. The Balaban J connectivity index is 1.92. The number of nitrogens with two attached hydrogens (primary N) is 1. The second-order valence-electron chi connectivity index (χ2n) is 8.18. The minimum atomic E-state index is -1.05. The largest absolute Gasteiger partial charge is 0.481 e. The van der Waals surface area contributed by atoms with Crippen LogP contribution in [0.2, 0.25) is 0 Å². The predicted octanol–water partition coefficient (Wildman–Crippen LogP) is 4.92. The minimum absolute atomic E-state index is 0.0559. The molecular weight excluding hydrogens is 496 g/mol. The zero-order valence-electron chi connectivity index (χ0n) is 18.9. The van der Waals surface area contributed by atoms with Gasteiger partial charge in [0.25, 0.3) is 5.91 Å². The van der Waals surface area contributed by atoms with Crippen LogP contribution >= 0.6 is 15.9 Å². The summed E-state index contributed by atoms with van der Waals surface area (Å²) >= 11 is 3.46. The fraction of sp³-hybridized carbons (Fsp3) is 0.222. The van der Waals surface area contributed by atoms with Gasteiger partial charge < -0.3 is 15.7 Å². The number of aryl methyl sites for hydroxylation is 1. The van der Waals surface area contributed by atoms with Gasteiger partial charge in [0.2, 0.25) is 5.91 Å². The maximum Gasteiger partial charge on any atom is 0.303 e. The van der Waals surface area contributed by atoms with Gasteiger partial charge >= 0.3 is 5.97 Å². The van der Waals surface area contributed by atoms with Crippen LogP contribution in [-0.2, 0) is 21.5 Å². The van der Waals surface area contributed by atoms with Crippen molar-refractivity contribution in [2.75, 3.05) is 0 Å². The van der Waals surface area contributed by atoms with Crippen LogP contribution in [0.15, 0.2) is 72.8 Å². The predicted molar refractivity (Wildman–Crippen MR) is 135 cm³/mol. The number of aliphatic carboxylic acids is 1. The Labute approximate surface area is 207 Å². The molecule has 7 heteroatoms. The van der Waals surface area contributed by atoms with Gasteiger partial charge in [-0.3, -0.25) is 14.4 Å². The van der Waals surface area contributed by atoms with Crippen LogP contribution in [0.3, 0.4) is 0 Å². The van der Waals surface area contributed by atoms with Crippen molar-refractivity contribution in [3.05, 3.63) is 95.1 Å². The van der Waals surface area contributed by atoms with Crippen molar-refractivity contribution >= 4 is 33.7 Å². The zero-order chi connectivity index (χ0) is 24.7. The molecule has 0 unspecified atom stereocenters. The highest BCUT2D eigenvalue weighted by molar-refractivity contribution is 9.08. The molecule has 0 radical (unpaired) electrons. The Kier molecular flexibility index (Phi) is 8.60. The lowest BCUT2D eigenvalue weighted by atomic mass is 10.0. The number of primary amides is 1. The van der Waals surface area contributed by atoms with Gasteiger partial charge in [0, 0.05) is 23.9 Å². The molecule has 0 heterocycles. The van der Waals surface area contributed by atoms with Crippen molar-refractivity contribution in [1.82, 2.24) is 4.90 Å². The molecule has 0 fully saturated rings. The normalized spacial score (nSPS) is 11.6. The molecule has 3 aromatic rings. The standard InChI is InChI=1S/C27H27BrN2O4/c1-18-4-2-6-20(14-18)17-30(24(26(29)33)12-13-25(31)32)27(34)22-10-8-21(9-11-22)23-7-3-5-19(15-23)16-28/h2-11,14-15,24H,12-13,16-17H2,1H3,(H2,29,33)(H,31,32)/t24-/m0/s1. The Bertz CT molecular complexity index is 1180. The van der Waals surface area contributed by atoms with Gasteiger partial charge in [-0.1, -0.05) is 82.2 Å². The number of alkyl halides is 1. The lowest BCUT2D eigenvalue weighted by molar-refractivity contribution is -0.137. The lowest BCUT2D eigenvalue weighted by Gasteiger charge is -2.30. The van der Waals surface area contributed by atoms with Crippen LogP contribution in [-0.4, -0.2) is 33.8 Å². The van der Waals surface area contributed by atoms with Gasteiger partial charge in [0.1, 0.15) is 6.04 Å². The molecular formula is C27H27BrN2O4. The van der Waals surface area contributed by atoms with Crippen molar-refractivity contribution in [1.29, 1.82) is 0 Å². The van der Waals surface area contributed by atoms with E-state index in [2.05, 4.69) is 22.0 Å². The van der Waals surface area contributed by atoms with E-state index in [9.17, 15) is 14.4 Å². The van der Waals surface area contributed by atoms with E-state index in [4.69, 9.17) is 10.8 Å². The second-order valence-corrected chi connectivity index (χ2v) is 8.74. The van der Waals surface area contributed by atoms with E-state index in [1.54, 1.807) is 12.1 Å². The third-order valence-electron chi connectivity index (χ3n) is 5.58. The molecule has 34 heavy (non-hydrogen) atoms. The van der Waals surface area contributed by atoms with Gasteiger partial charge in [0.05, 0.1) is 0 Å². The molecule has 0 saturated heterocycles. The first kappa shape index (κ1) is 25.2. The van der Waals surface area contributed by atoms with E-state index in [1.165, 1.54) is 4.90 Å². The van der Waals surface area contributed by atoms with Crippen LogP contribution in [0.1, 0.15) is 39.9 Å². The molecule has 2 amide bonds. The summed E-state index contributed by atoms with van der Waals surface area (Å²) in [7, 11) is 0. The number of carbonyl (C=O) groups is 3. The maximum absolute atomic E-state index is 13.5. The summed E-state index contributed by atoms with van der Waals surface area (Å²) in [6.07, 6.45) is -0.326. The molecule has 3 rings (SSSR count). The van der Waals surface area contributed by atoms with Crippen LogP contribution in [0, 0.1) is 6.92 Å². The number of amides is 2. The summed E-state index contributed by atoms with van der Waals surface area (Å²) in [5.41, 5.74) is 11.0. The monoisotopic (exact) mass is 522 g/mol. The van der Waals surface area contributed by atoms with Gasteiger partial charge in [-0.2, -0.15) is 0 Å². The fourth-order valence-electron chi connectivity index (χ4n) is 3.85. The van der Waals surface area contributed by atoms with Gasteiger partial charge in [0.15, 0.2) is 0 Å². The van der Waals surface area contributed by atoms with Crippen LogP contribution in [0.25, 0.3) is 11.1 Å². The third-order valence-corrected chi connectivity index (χ3v) is 6.23. The highest BCUT2D eigenvalue weighted by Gasteiger charge is 2.29. The highest BCUT2D eigenvalue weighted by atomic mass is 79.9. The first-order valence-corrected chi connectivity index (χ1v) is 12.0. The number of hydrogen-bond acceptors (Lipinski definition) is 3. The fourth-order valence-corrected chi connectivity index (χ4v) is 4.20. The van der Waals surface area contributed by atoms with Gasteiger partial charge in [-0.25, -0.2) is 0 Å². The summed E-state index contributed by atoms with van der Waals surface area (Å²) in [4.78, 5) is 38.3. The number of carboxylic acids is 1. The first-order valence-electron chi connectivity index (χ1n) is 10.9. The van der Waals surface area contributed by atoms with Crippen LogP contribution in [0.4, 0.5) is 0 Å². The van der Waals surface area contributed by atoms with E-state index in [1.807, 2.05) is 61.5 Å². The van der Waals surface area contributed by atoms with E-state index in [0.717, 1.165) is 33.1 Å². The summed E-state index contributed by atoms with van der Waals surface area (Å²) < 4.78 is 0. The molecule has 1 atom stereocenters.